The van der Waals surface area contributed by atoms with E-state index in [4.69, 9.17) is 0 Å². The molecule has 0 heteroatoms. The molecule has 0 nitrogen and oxygen atoms in total. The number of rotatable bonds is 29. The Kier molecular flexibility index (Phi) is 40.2. The highest BCUT2D eigenvalue weighted by Gasteiger charge is 1.94. The molecule has 0 aliphatic rings. The lowest BCUT2D eigenvalue weighted by molar-refractivity contribution is 0.536. The largest absolute Gasteiger partial charge is 0.103 e. The van der Waals surface area contributed by atoms with Crippen LogP contribution < -0.4 is 0 Å². The van der Waals surface area contributed by atoms with Crippen molar-refractivity contribution < 1.29 is 0 Å². The second-order valence-corrected chi connectivity index (χ2v) is 11.0. The van der Waals surface area contributed by atoms with Gasteiger partial charge in [0.1, 0.15) is 0 Å². The summed E-state index contributed by atoms with van der Waals surface area (Å²) in [6.07, 6.45) is 48.0. The fourth-order valence-corrected chi connectivity index (χ4v) is 4.78. The standard InChI is InChI=1S/C18H36.C18H34/c2*1-3-5-7-9-11-13-15-17-18-16-14-12-10-8-6-4-2/h3H,1,4-18H2,2H3;3,5,7H,1,4,6,8-18H2,2H3. The second kappa shape index (κ2) is 38.7. The highest BCUT2D eigenvalue weighted by atomic mass is 14.0. The van der Waals surface area contributed by atoms with Gasteiger partial charge < -0.3 is 0 Å². The minimum absolute atomic E-state index is 1.21. The van der Waals surface area contributed by atoms with Crippen LogP contribution in [0.3, 0.4) is 0 Å². The van der Waals surface area contributed by atoms with Crippen LogP contribution in [0.25, 0.3) is 0 Å². The summed E-state index contributed by atoms with van der Waals surface area (Å²) >= 11 is 0. The molecule has 0 saturated carbocycles. The first-order valence-corrected chi connectivity index (χ1v) is 16.7. The van der Waals surface area contributed by atoms with Gasteiger partial charge in [0.15, 0.2) is 0 Å². The number of hydrogen-bond acceptors (Lipinski definition) is 0. The zero-order valence-electron chi connectivity index (χ0n) is 25.5. The molecular formula is C36H70. The van der Waals surface area contributed by atoms with Gasteiger partial charge in [-0.2, -0.15) is 0 Å². The zero-order valence-corrected chi connectivity index (χ0v) is 25.5. The zero-order chi connectivity index (χ0) is 26.6. The predicted octanol–water partition coefficient (Wildman–Crippen LogP) is 13.9. The lowest BCUT2D eigenvalue weighted by atomic mass is 10.0. The lowest BCUT2D eigenvalue weighted by Gasteiger charge is -2.02. The van der Waals surface area contributed by atoms with Crippen molar-refractivity contribution in [2.24, 2.45) is 0 Å². The van der Waals surface area contributed by atoms with Crippen LogP contribution >= 0.6 is 0 Å². The van der Waals surface area contributed by atoms with E-state index in [1.165, 1.54) is 180 Å². The molecule has 0 rings (SSSR count). The summed E-state index contributed by atoms with van der Waals surface area (Å²) in [5, 5.41) is 0. The first-order chi connectivity index (χ1) is 17.8. The Labute approximate surface area is 230 Å². The Balaban J connectivity index is 0. The van der Waals surface area contributed by atoms with Crippen LogP contribution in [0.15, 0.2) is 37.5 Å². The van der Waals surface area contributed by atoms with Crippen molar-refractivity contribution in [1.82, 2.24) is 0 Å². The summed E-state index contributed by atoms with van der Waals surface area (Å²) in [5.74, 6) is 0. The predicted molar refractivity (Wildman–Crippen MR) is 170 cm³/mol. The molecule has 214 valence electrons. The van der Waals surface area contributed by atoms with E-state index in [9.17, 15) is 0 Å². The van der Waals surface area contributed by atoms with Gasteiger partial charge in [-0.15, -0.1) is 6.58 Å². The quantitative estimate of drug-likeness (QED) is 0.0542. The fraction of sp³-hybridized carbons (Fsp3) is 0.833. The third-order valence-electron chi connectivity index (χ3n) is 7.26. The minimum atomic E-state index is 1.21. The Bertz CT molecular complexity index is 404. The van der Waals surface area contributed by atoms with Crippen LogP contribution in [-0.4, -0.2) is 0 Å². The summed E-state index contributed by atoms with van der Waals surface area (Å²) in [7, 11) is 0. The normalized spacial score (nSPS) is 10.9. The first-order valence-electron chi connectivity index (χ1n) is 16.7. The molecule has 0 N–H and O–H groups in total. The van der Waals surface area contributed by atoms with Gasteiger partial charge in [-0.25, -0.2) is 0 Å². The van der Waals surface area contributed by atoms with E-state index in [1.807, 2.05) is 12.2 Å². The Hall–Kier alpha value is -0.780. The smallest absolute Gasteiger partial charge is 0.0348 e. The molecule has 0 amide bonds. The van der Waals surface area contributed by atoms with Gasteiger partial charge in [-0.1, -0.05) is 199 Å². The molecule has 0 spiro atoms. The molecule has 0 aromatic rings. The number of unbranched alkanes of at least 4 members (excludes halogenated alkanes) is 26. The lowest BCUT2D eigenvalue weighted by Crippen LogP contribution is -1.83. The number of allylic oxidation sites excluding steroid dienone is 4. The van der Waals surface area contributed by atoms with Crippen LogP contribution in [0, 0.1) is 0 Å². The summed E-state index contributed by atoms with van der Waals surface area (Å²) in [6.45, 7) is 12.0. The van der Waals surface area contributed by atoms with E-state index in [2.05, 4.69) is 39.2 Å². The average Bonchev–Trinajstić information content (AvgIpc) is 2.89. The maximum Gasteiger partial charge on any atom is -0.0348 e. The molecule has 0 aliphatic heterocycles. The van der Waals surface area contributed by atoms with Crippen molar-refractivity contribution in [3.8, 4) is 0 Å². The molecule has 0 heterocycles. The van der Waals surface area contributed by atoms with Crippen molar-refractivity contribution in [3.05, 3.63) is 37.5 Å². The topological polar surface area (TPSA) is 0 Å². The van der Waals surface area contributed by atoms with Crippen LogP contribution in [0.1, 0.15) is 194 Å². The van der Waals surface area contributed by atoms with E-state index in [0.717, 1.165) is 0 Å². The number of hydrogen-bond donors (Lipinski definition) is 0. The van der Waals surface area contributed by atoms with Gasteiger partial charge in [0, 0.05) is 0 Å². The molecule has 0 aromatic heterocycles. The van der Waals surface area contributed by atoms with E-state index in [0.29, 0.717) is 0 Å². The van der Waals surface area contributed by atoms with Gasteiger partial charge >= 0.3 is 0 Å². The van der Waals surface area contributed by atoms with E-state index >= 15 is 0 Å². The van der Waals surface area contributed by atoms with E-state index in [-0.39, 0.29) is 0 Å². The Morgan fingerprint density at radius 1 is 0.361 bits per heavy atom. The molecule has 0 aliphatic carbocycles. The van der Waals surface area contributed by atoms with Gasteiger partial charge in [0.25, 0.3) is 0 Å². The molecule has 0 fully saturated rings. The minimum Gasteiger partial charge on any atom is -0.103 e. The average molecular weight is 503 g/mol. The Morgan fingerprint density at radius 2 is 0.639 bits per heavy atom. The molecule has 0 unspecified atom stereocenters. The van der Waals surface area contributed by atoms with Crippen LogP contribution in [0.5, 0.6) is 0 Å². The van der Waals surface area contributed by atoms with E-state index < -0.39 is 0 Å². The van der Waals surface area contributed by atoms with Crippen molar-refractivity contribution in [1.29, 1.82) is 0 Å². The third kappa shape index (κ3) is 40.4. The third-order valence-corrected chi connectivity index (χ3v) is 7.26. The maximum atomic E-state index is 3.76. The van der Waals surface area contributed by atoms with Crippen LogP contribution in [0.2, 0.25) is 0 Å². The van der Waals surface area contributed by atoms with E-state index in [1.54, 1.807) is 0 Å². The monoisotopic (exact) mass is 503 g/mol. The molecule has 0 aromatic carbocycles. The van der Waals surface area contributed by atoms with Crippen LogP contribution in [-0.2, 0) is 0 Å². The molecule has 0 saturated heterocycles. The molecule has 0 radical (unpaired) electrons. The van der Waals surface area contributed by atoms with Gasteiger partial charge in [-0.05, 0) is 25.7 Å². The van der Waals surface area contributed by atoms with Crippen LogP contribution in [0.4, 0.5) is 0 Å². The van der Waals surface area contributed by atoms with Crippen molar-refractivity contribution in [2.75, 3.05) is 0 Å². The molecule has 0 atom stereocenters. The van der Waals surface area contributed by atoms with Crippen molar-refractivity contribution >= 4 is 0 Å². The first kappa shape index (κ1) is 37.4. The molecule has 0 bridgehead atoms. The summed E-state index contributed by atoms with van der Waals surface area (Å²) in [4.78, 5) is 0. The summed E-state index contributed by atoms with van der Waals surface area (Å²) in [6, 6.07) is 0. The molecular weight excluding hydrogens is 432 g/mol. The highest BCUT2D eigenvalue weighted by Crippen LogP contribution is 2.14. The van der Waals surface area contributed by atoms with Crippen molar-refractivity contribution in [3.63, 3.8) is 0 Å². The van der Waals surface area contributed by atoms with Gasteiger partial charge in [0.2, 0.25) is 0 Å². The SMILES string of the molecule is C=CC=CCCCCCCCCCCCCCC.C=CCCCCCCCCCCCCCCCC. The van der Waals surface area contributed by atoms with Crippen molar-refractivity contribution in [2.45, 2.75) is 194 Å². The maximum absolute atomic E-state index is 3.76. The summed E-state index contributed by atoms with van der Waals surface area (Å²) in [5.41, 5.74) is 0. The highest BCUT2D eigenvalue weighted by molar-refractivity contribution is 4.96. The fourth-order valence-electron chi connectivity index (χ4n) is 4.78. The summed E-state index contributed by atoms with van der Waals surface area (Å²) < 4.78 is 0. The molecule has 36 heavy (non-hydrogen) atoms. The Morgan fingerprint density at radius 3 is 0.917 bits per heavy atom. The van der Waals surface area contributed by atoms with Gasteiger partial charge in [0.05, 0.1) is 0 Å². The van der Waals surface area contributed by atoms with Gasteiger partial charge in [-0.3, -0.25) is 0 Å². The second-order valence-electron chi connectivity index (χ2n) is 11.0.